The Kier molecular flexibility index (Phi) is 4.28. The summed E-state index contributed by atoms with van der Waals surface area (Å²) in [4.78, 5) is 31.6. The Labute approximate surface area is 107 Å². The predicted molar refractivity (Wildman–Crippen MR) is 73.8 cm³/mol. The van der Waals surface area contributed by atoms with Crippen LogP contribution in [-0.2, 0) is 11.2 Å². The minimum absolute atomic E-state index is 0.0111. The van der Waals surface area contributed by atoms with Crippen molar-refractivity contribution in [2.24, 2.45) is 13.7 Å². The number of rotatable bonds is 5. The topological polar surface area (TPSA) is 88.3 Å². The molecule has 0 unspecified atom stereocenters. The van der Waals surface area contributed by atoms with Crippen LogP contribution in [0, 0.1) is 14.7 Å². The quantitative estimate of drug-likeness (QED) is 0.745. The molecule has 98 valence electrons. The standard InChI is InChI=1S/C11H15N3O3S/c1-11(2,3)10-6-4-9(5-7-10)8-18(12-15,13-16)14-17/h4-7H,8H2,1-3H3. The Bertz CT molecular complexity index is 432. The first-order chi connectivity index (χ1) is 8.37. The zero-order valence-corrected chi connectivity index (χ0v) is 11.3. The van der Waals surface area contributed by atoms with Crippen molar-refractivity contribution in [1.82, 2.24) is 0 Å². The van der Waals surface area contributed by atoms with Gasteiger partial charge in [0.1, 0.15) is 0 Å². The fraction of sp³-hybridized carbons (Fsp3) is 0.455. The molecule has 1 aromatic carbocycles. The van der Waals surface area contributed by atoms with Gasteiger partial charge in [-0.05, 0) is 16.5 Å². The summed E-state index contributed by atoms with van der Waals surface area (Å²) >= 11 is 0. The van der Waals surface area contributed by atoms with Gasteiger partial charge < -0.3 is 0 Å². The van der Waals surface area contributed by atoms with Crippen LogP contribution >= 0.6 is 10.6 Å². The zero-order valence-electron chi connectivity index (χ0n) is 10.5. The maximum atomic E-state index is 10.5. The van der Waals surface area contributed by atoms with Crippen molar-refractivity contribution in [2.75, 3.05) is 0 Å². The lowest BCUT2D eigenvalue weighted by atomic mass is 9.87. The van der Waals surface area contributed by atoms with Crippen LogP contribution in [0.5, 0.6) is 0 Å². The second-order valence-electron chi connectivity index (χ2n) is 4.95. The molecule has 0 atom stereocenters. The van der Waals surface area contributed by atoms with Crippen LogP contribution in [0.4, 0.5) is 0 Å². The van der Waals surface area contributed by atoms with E-state index in [1.807, 2.05) is 12.1 Å². The van der Waals surface area contributed by atoms with Crippen LogP contribution in [0.3, 0.4) is 0 Å². The number of benzene rings is 1. The first-order valence-electron chi connectivity index (χ1n) is 5.31. The summed E-state index contributed by atoms with van der Waals surface area (Å²) in [7, 11) is -3.20. The zero-order chi connectivity index (χ0) is 13.8. The molecule has 0 N–H and O–H groups in total. The monoisotopic (exact) mass is 269 g/mol. The lowest BCUT2D eigenvalue weighted by Crippen LogP contribution is -2.10. The fourth-order valence-corrected chi connectivity index (χ4v) is 2.32. The van der Waals surface area contributed by atoms with E-state index in [1.165, 1.54) is 0 Å². The smallest absolute Gasteiger partial charge is 0.135 e. The molecular weight excluding hydrogens is 254 g/mol. The van der Waals surface area contributed by atoms with E-state index in [9.17, 15) is 14.7 Å². The summed E-state index contributed by atoms with van der Waals surface area (Å²) in [5.74, 6) is -0.131. The van der Waals surface area contributed by atoms with Crippen molar-refractivity contribution < 1.29 is 0 Å². The molecular formula is C11H15N3O3S. The Hall–Kier alpha value is -1.63. The van der Waals surface area contributed by atoms with E-state index < -0.39 is 10.6 Å². The van der Waals surface area contributed by atoms with Crippen molar-refractivity contribution in [1.29, 1.82) is 0 Å². The van der Waals surface area contributed by atoms with Gasteiger partial charge in [0.25, 0.3) is 0 Å². The highest BCUT2D eigenvalue weighted by atomic mass is 32.3. The summed E-state index contributed by atoms with van der Waals surface area (Å²) in [6.45, 7) is 6.22. The van der Waals surface area contributed by atoms with Gasteiger partial charge in [0, 0.05) is 13.7 Å². The van der Waals surface area contributed by atoms with Crippen molar-refractivity contribution in [2.45, 2.75) is 31.9 Å². The lowest BCUT2D eigenvalue weighted by Gasteiger charge is -2.20. The number of nitrogens with zero attached hydrogens (tertiary/aromatic N) is 3. The van der Waals surface area contributed by atoms with Crippen molar-refractivity contribution in [3.63, 3.8) is 0 Å². The minimum Gasteiger partial charge on any atom is -0.135 e. The Morgan fingerprint density at radius 1 is 0.944 bits per heavy atom. The Balaban J connectivity index is 2.96. The summed E-state index contributed by atoms with van der Waals surface area (Å²) in [5.41, 5.74) is 1.78. The van der Waals surface area contributed by atoms with Gasteiger partial charge in [-0.3, -0.25) is 0 Å². The maximum Gasteiger partial charge on any atom is 0.173 e. The molecule has 6 nitrogen and oxygen atoms in total. The number of hydrogen-bond donors (Lipinski definition) is 0. The highest BCUT2D eigenvalue weighted by molar-refractivity contribution is 8.29. The van der Waals surface area contributed by atoms with Crippen LogP contribution in [0.25, 0.3) is 0 Å². The van der Waals surface area contributed by atoms with E-state index >= 15 is 0 Å². The van der Waals surface area contributed by atoms with E-state index in [0.29, 0.717) is 5.56 Å². The second-order valence-corrected chi connectivity index (χ2v) is 6.95. The van der Waals surface area contributed by atoms with Crippen LogP contribution in [-0.4, -0.2) is 0 Å². The molecule has 18 heavy (non-hydrogen) atoms. The molecule has 0 radical (unpaired) electrons. The average molecular weight is 269 g/mol. The number of nitroso groups, excluding NO2 is 3. The van der Waals surface area contributed by atoms with E-state index in [1.54, 1.807) is 12.1 Å². The third kappa shape index (κ3) is 3.19. The summed E-state index contributed by atoms with van der Waals surface area (Å²) in [6, 6.07) is 7.29. The third-order valence-electron chi connectivity index (χ3n) is 2.54. The van der Waals surface area contributed by atoms with Crippen molar-refractivity contribution >= 4 is 10.6 Å². The summed E-state index contributed by atoms with van der Waals surface area (Å²) in [5, 5.41) is 0. The highest BCUT2D eigenvalue weighted by Gasteiger charge is 2.28. The summed E-state index contributed by atoms with van der Waals surface area (Å²) in [6.07, 6.45) is 0. The van der Waals surface area contributed by atoms with Crippen LogP contribution in [0.2, 0.25) is 0 Å². The van der Waals surface area contributed by atoms with Gasteiger partial charge in [-0.1, -0.05) is 45.0 Å². The van der Waals surface area contributed by atoms with Crippen LogP contribution < -0.4 is 0 Å². The molecule has 0 saturated carbocycles. The molecule has 0 fully saturated rings. The lowest BCUT2D eigenvalue weighted by molar-refractivity contribution is 0.590. The van der Waals surface area contributed by atoms with Gasteiger partial charge in [-0.25, -0.2) is 0 Å². The highest BCUT2D eigenvalue weighted by Crippen LogP contribution is 2.54. The Morgan fingerprint density at radius 2 is 1.39 bits per heavy atom. The first-order valence-corrected chi connectivity index (χ1v) is 6.98. The van der Waals surface area contributed by atoms with E-state index in [0.717, 1.165) is 5.56 Å². The molecule has 1 aromatic rings. The average Bonchev–Trinajstić information content (AvgIpc) is 2.36. The molecule has 0 aliphatic rings. The molecule has 0 spiro atoms. The van der Waals surface area contributed by atoms with Crippen LogP contribution in [0.15, 0.2) is 38.0 Å². The van der Waals surface area contributed by atoms with E-state index in [2.05, 4.69) is 34.5 Å². The molecule has 0 amide bonds. The van der Waals surface area contributed by atoms with E-state index in [-0.39, 0.29) is 11.2 Å². The SMILES string of the molecule is CC(C)(C)c1ccc(CS(N=O)(N=O)N=O)cc1. The molecule has 0 aliphatic heterocycles. The van der Waals surface area contributed by atoms with Crippen molar-refractivity contribution in [3.8, 4) is 0 Å². The van der Waals surface area contributed by atoms with Gasteiger partial charge >= 0.3 is 0 Å². The van der Waals surface area contributed by atoms with Crippen molar-refractivity contribution in [3.05, 3.63) is 50.1 Å². The normalized spacial score (nSPS) is 12.8. The van der Waals surface area contributed by atoms with Gasteiger partial charge in [0.15, 0.2) is 10.6 Å². The molecule has 7 heteroatoms. The van der Waals surface area contributed by atoms with Crippen LogP contribution in [0.1, 0.15) is 31.9 Å². The minimum atomic E-state index is -3.20. The van der Waals surface area contributed by atoms with Gasteiger partial charge in [0.2, 0.25) is 0 Å². The molecule has 0 aromatic heterocycles. The molecule has 0 saturated heterocycles. The van der Waals surface area contributed by atoms with Gasteiger partial charge in [-0.2, -0.15) is 0 Å². The largest absolute Gasteiger partial charge is 0.173 e. The Morgan fingerprint density at radius 3 is 1.72 bits per heavy atom. The van der Waals surface area contributed by atoms with Gasteiger partial charge in [0.05, 0.1) is 5.75 Å². The van der Waals surface area contributed by atoms with E-state index in [4.69, 9.17) is 0 Å². The predicted octanol–water partition coefficient (Wildman–Crippen LogP) is 4.33. The van der Waals surface area contributed by atoms with Gasteiger partial charge in [-0.15, -0.1) is 14.7 Å². The molecule has 1 rings (SSSR count). The maximum absolute atomic E-state index is 10.5. The molecule has 0 bridgehead atoms. The summed E-state index contributed by atoms with van der Waals surface area (Å²) < 4.78 is 7.49. The molecule has 0 heterocycles. The number of hydrogen-bond acceptors (Lipinski definition) is 6. The molecule has 0 aliphatic carbocycles. The third-order valence-corrected chi connectivity index (χ3v) is 3.98. The second kappa shape index (κ2) is 5.34. The first kappa shape index (κ1) is 14.4. The fourth-order valence-electron chi connectivity index (χ4n) is 1.44.